The summed E-state index contributed by atoms with van der Waals surface area (Å²) in [5.41, 5.74) is 2.10. The number of amides is 2. The summed E-state index contributed by atoms with van der Waals surface area (Å²) in [6.07, 6.45) is 0.0115. The molecule has 0 fully saturated rings. The molecule has 2 amide bonds. The van der Waals surface area contributed by atoms with Crippen molar-refractivity contribution >= 4 is 28.8 Å². The minimum atomic E-state index is -0.520. The van der Waals surface area contributed by atoms with Crippen LogP contribution in [-0.4, -0.2) is 24.5 Å². The molecule has 0 saturated heterocycles. The Morgan fingerprint density at radius 1 is 0.909 bits per heavy atom. The third kappa shape index (κ3) is 4.37. The van der Waals surface area contributed by atoms with Gasteiger partial charge in [-0.25, -0.2) is 9.29 Å². The second kappa shape index (κ2) is 9.28. The highest BCUT2D eigenvalue weighted by molar-refractivity contribution is 6.46. The molecule has 33 heavy (non-hydrogen) atoms. The van der Waals surface area contributed by atoms with E-state index in [1.165, 1.54) is 18.2 Å². The zero-order chi connectivity index (χ0) is 23.5. The number of carbonyl (C=O) groups excluding carboxylic acids is 2. The standard InChI is InChI=1S/C27H25FN2O3/c1-4-29(21-10-6-5-7-11-21)25-24(19-13-15-23(16-14-19)33-18(2)3)26(31)30(27(25)32)22-12-8-9-20(28)17-22/h5-18H,4H2,1-3H3. The molecule has 0 spiro atoms. The summed E-state index contributed by atoms with van der Waals surface area (Å²) in [7, 11) is 0. The number of carbonyl (C=O) groups is 2. The minimum absolute atomic E-state index is 0.0115. The Bertz CT molecular complexity index is 1200. The van der Waals surface area contributed by atoms with E-state index in [0.717, 1.165) is 10.6 Å². The Hall–Kier alpha value is -3.93. The van der Waals surface area contributed by atoms with E-state index < -0.39 is 17.6 Å². The van der Waals surface area contributed by atoms with E-state index >= 15 is 0 Å². The van der Waals surface area contributed by atoms with Crippen LogP contribution in [0.4, 0.5) is 15.8 Å². The van der Waals surface area contributed by atoms with Crippen LogP contribution in [0.2, 0.25) is 0 Å². The van der Waals surface area contributed by atoms with Gasteiger partial charge in [-0.1, -0.05) is 36.4 Å². The Kier molecular flexibility index (Phi) is 6.27. The molecule has 0 aliphatic carbocycles. The van der Waals surface area contributed by atoms with E-state index in [9.17, 15) is 14.0 Å². The van der Waals surface area contributed by atoms with Gasteiger partial charge < -0.3 is 9.64 Å². The maximum Gasteiger partial charge on any atom is 0.282 e. The van der Waals surface area contributed by atoms with Crippen LogP contribution < -0.4 is 14.5 Å². The van der Waals surface area contributed by atoms with Crippen molar-refractivity contribution in [3.63, 3.8) is 0 Å². The quantitative estimate of drug-likeness (QED) is 0.457. The van der Waals surface area contributed by atoms with Gasteiger partial charge in [0.15, 0.2) is 0 Å². The third-order valence-corrected chi connectivity index (χ3v) is 5.29. The van der Waals surface area contributed by atoms with Gasteiger partial charge in [-0.2, -0.15) is 0 Å². The molecule has 168 valence electrons. The number of hydrogen-bond acceptors (Lipinski definition) is 4. The summed E-state index contributed by atoms with van der Waals surface area (Å²) in [5, 5.41) is 0. The monoisotopic (exact) mass is 444 g/mol. The lowest BCUT2D eigenvalue weighted by atomic mass is 10.0. The Labute approximate surface area is 192 Å². The minimum Gasteiger partial charge on any atom is -0.491 e. The smallest absolute Gasteiger partial charge is 0.282 e. The summed E-state index contributed by atoms with van der Waals surface area (Å²) in [6.45, 7) is 6.25. The molecule has 4 rings (SSSR count). The first-order valence-corrected chi connectivity index (χ1v) is 10.9. The molecule has 1 aliphatic heterocycles. The van der Waals surface area contributed by atoms with Gasteiger partial charge in [0.1, 0.15) is 17.3 Å². The van der Waals surface area contributed by atoms with Crippen LogP contribution >= 0.6 is 0 Å². The topological polar surface area (TPSA) is 49.9 Å². The van der Waals surface area contributed by atoms with Crippen LogP contribution in [-0.2, 0) is 9.59 Å². The van der Waals surface area contributed by atoms with Gasteiger partial charge in [-0.15, -0.1) is 0 Å². The fraction of sp³-hybridized carbons (Fsp3) is 0.185. The van der Waals surface area contributed by atoms with Crippen molar-refractivity contribution in [1.82, 2.24) is 0 Å². The highest BCUT2D eigenvalue weighted by Gasteiger charge is 2.42. The molecule has 6 heteroatoms. The SMILES string of the molecule is CCN(C1=C(c2ccc(OC(C)C)cc2)C(=O)N(c2cccc(F)c2)C1=O)c1ccccc1. The first-order chi connectivity index (χ1) is 15.9. The van der Waals surface area contributed by atoms with Crippen molar-refractivity contribution in [1.29, 1.82) is 0 Å². The molecular formula is C27H25FN2O3. The second-order valence-electron chi connectivity index (χ2n) is 7.92. The number of nitrogens with zero attached hydrogens (tertiary/aromatic N) is 2. The van der Waals surface area contributed by atoms with Crippen molar-refractivity contribution < 1.29 is 18.7 Å². The lowest BCUT2D eigenvalue weighted by Crippen LogP contribution is -2.35. The predicted molar refractivity (Wildman–Crippen MR) is 127 cm³/mol. The number of halogens is 1. The van der Waals surface area contributed by atoms with Gasteiger partial charge in [0, 0.05) is 12.2 Å². The Morgan fingerprint density at radius 2 is 1.61 bits per heavy atom. The molecule has 1 aliphatic rings. The number of likely N-dealkylation sites (N-methyl/N-ethyl adjacent to an activating group) is 1. The van der Waals surface area contributed by atoms with E-state index in [0.29, 0.717) is 17.9 Å². The van der Waals surface area contributed by atoms with Gasteiger partial charge >= 0.3 is 0 Å². The predicted octanol–water partition coefficient (Wildman–Crippen LogP) is 5.42. The fourth-order valence-electron chi connectivity index (χ4n) is 3.93. The molecule has 0 atom stereocenters. The zero-order valence-corrected chi connectivity index (χ0v) is 18.8. The first kappa shape index (κ1) is 22.3. The first-order valence-electron chi connectivity index (χ1n) is 10.9. The van der Waals surface area contributed by atoms with Crippen molar-refractivity contribution in [3.05, 3.63) is 95.9 Å². The summed E-state index contributed by atoms with van der Waals surface area (Å²) in [6, 6.07) is 22.0. The number of imide groups is 1. The maximum absolute atomic E-state index is 13.9. The van der Waals surface area contributed by atoms with Gasteiger partial charge in [0.05, 0.1) is 17.4 Å². The molecule has 0 radical (unpaired) electrons. The van der Waals surface area contributed by atoms with E-state index in [4.69, 9.17) is 4.74 Å². The van der Waals surface area contributed by atoms with Gasteiger partial charge in [-0.3, -0.25) is 9.59 Å². The molecule has 1 heterocycles. The number of rotatable bonds is 7. The molecule has 0 aromatic heterocycles. The molecule has 5 nitrogen and oxygen atoms in total. The van der Waals surface area contributed by atoms with Gasteiger partial charge in [-0.05, 0) is 68.8 Å². The Morgan fingerprint density at radius 3 is 2.21 bits per heavy atom. The van der Waals surface area contributed by atoms with Crippen LogP contribution in [0, 0.1) is 5.82 Å². The lowest BCUT2D eigenvalue weighted by Gasteiger charge is -2.25. The maximum atomic E-state index is 13.9. The van der Waals surface area contributed by atoms with Crippen LogP contribution in [0.1, 0.15) is 26.3 Å². The Balaban J connectivity index is 1.86. The fourth-order valence-corrected chi connectivity index (χ4v) is 3.93. The average Bonchev–Trinajstić information content (AvgIpc) is 3.05. The molecule has 0 saturated carbocycles. The third-order valence-electron chi connectivity index (χ3n) is 5.29. The number of anilines is 2. The highest BCUT2D eigenvalue weighted by atomic mass is 19.1. The number of hydrogen-bond donors (Lipinski definition) is 0. The molecule has 3 aromatic carbocycles. The molecule has 0 bridgehead atoms. The number of para-hydroxylation sites is 1. The highest BCUT2D eigenvalue weighted by Crippen LogP contribution is 2.37. The van der Waals surface area contributed by atoms with E-state index in [2.05, 4.69) is 0 Å². The number of ether oxygens (including phenoxy) is 1. The van der Waals surface area contributed by atoms with Crippen LogP contribution in [0.5, 0.6) is 5.75 Å². The lowest BCUT2D eigenvalue weighted by molar-refractivity contribution is -0.120. The van der Waals surface area contributed by atoms with E-state index in [1.807, 2.05) is 56.0 Å². The van der Waals surface area contributed by atoms with Crippen molar-refractivity contribution in [2.45, 2.75) is 26.9 Å². The van der Waals surface area contributed by atoms with Gasteiger partial charge in [0.2, 0.25) is 0 Å². The molecule has 3 aromatic rings. The van der Waals surface area contributed by atoms with Crippen LogP contribution in [0.25, 0.3) is 5.57 Å². The summed E-state index contributed by atoms with van der Waals surface area (Å²) in [4.78, 5) is 30.1. The van der Waals surface area contributed by atoms with Gasteiger partial charge in [0.25, 0.3) is 11.8 Å². The van der Waals surface area contributed by atoms with Crippen molar-refractivity contribution in [2.75, 3.05) is 16.3 Å². The van der Waals surface area contributed by atoms with Crippen LogP contribution in [0.15, 0.2) is 84.6 Å². The zero-order valence-electron chi connectivity index (χ0n) is 18.8. The molecular weight excluding hydrogens is 419 g/mol. The van der Waals surface area contributed by atoms with Crippen molar-refractivity contribution in [3.8, 4) is 5.75 Å². The largest absolute Gasteiger partial charge is 0.491 e. The summed E-state index contributed by atoms with van der Waals surface area (Å²) in [5.74, 6) is -0.833. The van der Waals surface area contributed by atoms with E-state index in [-0.39, 0.29) is 23.1 Å². The molecule has 0 N–H and O–H groups in total. The normalized spacial score (nSPS) is 13.8. The summed E-state index contributed by atoms with van der Waals surface area (Å²) < 4.78 is 19.7. The van der Waals surface area contributed by atoms with Crippen LogP contribution in [0.3, 0.4) is 0 Å². The van der Waals surface area contributed by atoms with E-state index in [1.54, 1.807) is 30.3 Å². The average molecular weight is 445 g/mol. The number of benzene rings is 3. The summed E-state index contributed by atoms with van der Waals surface area (Å²) >= 11 is 0. The second-order valence-corrected chi connectivity index (χ2v) is 7.92. The molecule has 0 unspecified atom stereocenters. The van der Waals surface area contributed by atoms with Crippen molar-refractivity contribution in [2.24, 2.45) is 0 Å².